The fourth-order valence-corrected chi connectivity index (χ4v) is 3.71. The number of carbonyl (C=O) groups is 1. The van der Waals surface area contributed by atoms with Gasteiger partial charge in [-0.05, 0) is 12.1 Å². The number of anilines is 2. The summed E-state index contributed by atoms with van der Waals surface area (Å²) >= 11 is 0. The zero-order chi connectivity index (χ0) is 20.4. The van der Waals surface area contributed by atoms with Crippen LogP contribution in [0.2, 0.25) is 0 Å². The molecule has 2 aromatic rings. The van der Waals surface area contributed by atoms with E-state index in [-0.39, 0.29) is 12.0 Å². The number of hydrogen-bond acceptors (Lipinski definition) is 7. The predicted octanol–water partition coefficient (Wildman–Crippen LogP) is 2.63. The average Bonchev–Trinajstić information content (AvgIpc) is 3.21. The first kappa shape index (κ1) is 19.2. The number of benzene rings is 1. The Morgan fingerprint density at radius 2 is 2.07 bits per heavy atom. The quantitative estimate of drug-likeness (QED) is 0.765. The van der Waals surface area contributed by atoms with Gasteiger partial charge < -0.3 is 28.7 Å². The van der Waals surface area contributed by atoms with Crippen molar-refractivity contribution < 1.29 is 23.7 Å². The number of aromatic nitrogens is 1. The molecular formula is C21H25N3O5. The molecule has 0 radical (unpaired) electrons. The van der Waals surface area contributed by atoms with Gasteiger partial charge in [0.25, 0.3) is 5.88 Å². The number of rotatable bonds is 5. The van der Waals surface area contributed by atoms with E-state index >= 15 is 0 Å². The second-order valence-electron chi connectivity index (χ2n) is 7.03. The molecule has 0 aliphatic carbocycles. The van der Waals surface area contributed by atoms with Crippen molar-refractivity contribution >= 4 is 17.3 Å². The van der Waals surface area contributed by atoms with Crippen LogP contribution in [0.25, 0.3) is 0 Å². The molecule has 1 saturated heterocycles. The number of pyridine rings is 1. The molecule has 1 aromatic carbocycles. The third-order valence-electron chi connectivity index (χ3n) is 5.22. The maximum atomic E-state index is 11.6. The molecule has 3 heterocycles. The van der Waals surface area contributed by atoms with E-state index in [2.05, 4.69) is 9.88 Å². The van der Waals surface area contributed by atoms with Gasteiger partial charge in [0.1, 0.15) is 24.2 Å². The molecule has 1 aromatic heterocycles. The highest BCUT2D eigenvalue weighted by atomic mass is 16.5. The Balaban J connectivity index is 1.58. The van der Waals surface area contributed by atoms with Crippen LogP contribution in [0.15, 0.2) is 30.5 Å². The van der Waals surface area contributed by atoms with Crippen molar-refractivity contribution in [3.8, 4) is 23.1 Å². The van der Waals surface area contributed by atoms with E-state index in [4.69, 9.17) is 18.9 Å². The fraction of sp³-hybridized carbons (Fsp3) is 0.429. The van der Waals surface area contributed by atoms with Crippen molar-refractivity contribution in [1.82, 2.24) is 9.88 Å². The van der Waals surface area contributed by atoms with Crippen LogP contribution in [-0.2, 0) is 4.79 Å². The van der Waals surface area contributed by atoms with Crippen molar-refractivity contribution in [3.63, 3.8) is 0 Å². The van der Waals surface area contributed by atoms with Crippen LogP contribution in [-0.4, -0.2) is 62.4 Å². The largest absolute Gasteiger partial charge is 0.491 e. The highest BCUT2D eigenvalue weighted by Crippen LogP contribution is 2.41. The first-order valence-corrected chi connectivity index (χ1v) is 9.63. The molecule has 0 N–H and O–H groups in total. The Hall–Kier alpha value is -3.16. The topological polar surface area (TPSA) is 73.4 Å². The van der Waals surface area contributed by atoms with Crippen molar-refractivity contribution in [3.05, 3.63) is 30.5 Å². The molecule has 0 bridgehead atoms. The standard InChI is InChI=1S/C21H25N3O5/c1-14(25)23-7-6-17(13-23)29-16-4-5-19-18(11-16)24(8-9-28-19)15-10-20(26-2)21(27-3)22-12-15/h4-5,10-12,17H,6-9,13H2,1-3H3/t17-/m0/s1. The van der Waals surface area contributed by atoms with Crippen LogP contribution in [0.3, 0.4) is 0 Å². The smallest absolute Gasteiger partial charge is 0.256 e. The Morgan fingerprint density at radius 3 is 2.79 bits per heavy atom. The van der Waals surface area contributed by atoms with Gasteiger partial charge in [0.05, 0.1) is 44.9 Å². The van der Waals surface area contributed by atoms with E-state index in [1.54, 1.807) is 27.3 Å². The summed E-state index contributed by atoms with van der Waals surface area (Å²) in [6, 6.07) is 7.70. The van der Waals surface area contributed by atoms with Crippen LogP contribution in [0.5, 0.6) is 23.1 Å². The zero-order valence-corrected chi connectivity index (χ0v) is 16.9. The van der Waals surface area contributed by atoms with Crippen molar-refractivity contribution in [2.75, 3.05) is 45.4 Å². The lowest BCUT2D eigenvalue weighted by Crippen LogP contribution is -2.29. The summed E-state index contributed by atoms with van der Waals surface area (Å²) < 4.78 is 22.6. The van der Waals surface area contributed by atoms with Crippen LogP contribution in [0.4, 0.5) is 11.4 Å². The van der Waals surface area contributed by atoms with E-state index in [0.29, 0.717) is 31.3 Å². The highest BCUT2D eigenvalue weighted by Gasteiger charge is 2.27. The number of likely N-dealkylation sites (tertiary alicyclic amines) is 1. The molecule has 1 atom stereocenters. The van der Waals surface area contributed by atoms with Crippen molar-refractivity contribution in [2.24, 2.45) is 0 Å². The predicted molar refractivity (Wildman–Crippen MR) is 108 cm³/mol. The normalized spacial score (nSPS) is 18.1. The lowest BCUT2D eigenvalue weighted by Gasteiger charge is -2.31. The Labute approximate surface area is 169 Å². The van der Waals surface area contributed by atoms with E-state index in [9.17, 15) is 4.79 Å². The van der Waals surface area contributed by atoms with Gasteiger partial charge in [0, 0.05) is 32.0 Å². The molecule has 0 spiro atoms. The number of fused-ring (bicyclic) bond motifs is 1. The van der Waals surface area contributed by atoms with E-state index < -0.39 is 0 Å². The number of nitrogens with zero attached hydrogens (tertiary/aromatic N) is 3. The molecule has 1 amide bonds. The first-order chi connectivity index (χ1) is 14.1. The van der Waals surface area contributed by atoms with Gasteiger partial charge in [-0.2, -0.15) is 0 Å². The maximum Gasteiger partial charge on any atom is 0.256 e. The van der Waals surface area contributed by atoms with E-state index in [0.717, 1.165) is 35.8 Å². The SMILES string of the molecule is COc1cc(N2CCOc3ccc(O[C@H]4CCN(C(C)=O)C4)cc32)cnc1OC. The second kappa shape index (κ2) is 8.06. The van der Waals surface area contributed by atoms with Crippen LogP contribution < -0.4 is 23.8 Å². The van der Waals surface area contributed by atoms with Gasteiger partial charge in [0.2, 0.25) is 5.91 Å². The summed E-state index contributed by atoms with van der Waals surface area (Å²) in [6.07, 6.45) is 2.58. The first-order valence-electron chi connectivity index (χ1n) is 9.63. The minimum atomic E-state index is -0.00217. The summed E-state index contributed by atoms with van der Waals surface area (Å²) in [7, 11) is 3.16. The van der Waals surface area contributed by atoms with Crippen LogP contribution >= 0.6 is 0 Å². The lowest BCUT2D eigenvalue weighted by molar-refractivity contribution is -0.128. The number of methoxy groups -OCH3 is 2. The van der Waals surface area contributed by atoms with E-state index in [1.165, 1.54) is 0 Å². The summed E-state index contributed by atoms with van der Waals surface area (Å²) in [5.74, 6) is 2.64. The molecular weight excluding hydrogens is 374 g/mol. The number of carbonyl (C=O) groups excluding carboxylic acids is 1. The Kier molecular flexibility index (Phi) is 5.33. The second-order valence-corrected chi connectivity index (χ2v) is 7.03. The van der Waals surface area contributed by atoms with Crippen molar-refractivity contribution in [1.29, 1.82) is 0 Å². The molecule has 8 heteroatoms. The summed E-state index contributed by atoms with van der Waals surface area (Å²) in [5, 5.41) is 0. The van der Waals surface area contributed by atoms with Gasteiger partial charge >= 0.3 is 0 Å². The minimum absolute atomic E-state index is 0.00217. The number of amides is 1. The molecule has 29 heavy (non-hydrogen) atoms. The molecule has 4 rings (SSSR count). The third kappa shape index (κ3) is 3.87. The van der Waals surface area contributed by atoms with Gasteiger partial charge in [-0.25, -0.2) is 4.98 Å². The summed E-state index contributed by atoms with van der Waals surface area (Å²) in [5.41, 5.74) is 1.79. The molecule has 2 aliphatic rings. The third-order valence-corrected chi connectivity index (χ3v) is 5.22. The highest BCUT2D eigenvalue weighted by molar-refractivity contribution is 5.74. The van der Waals surface area contributed by atoms with Gasteiger partial charge in [-0.15, -0.1) is 0 Å². The van der Waals surface area contributed by atoms with Crippen molar-refractivity contribution in [2.45, 2.75) is 19.4 Å². The van der Waals surface area contributed by atoms with Crippen LogP contribution in [0, 0.1) is 0 Å². The summed E-state index contributed by atoms with van der Waals surface area (Å²) in [6.45, 7) is 4.18. The molecule has 154 valence electrons. The number of ether oxygens (including phenoxy) is 4. The van der Waals surface area contributed by atoms with Gasteiger partial charge in [0.15, 0.2) is 5.75 Å². The molecule has 0 saturated carbocycles. The Morgan fingerprint density at radius 1 is 1.21 bits per heavy atom. The summed E-state index contributed by atoms with van der Waals surface area (Å²) in [4.78, 5) is 19.8. The maximum absolute atomic E-state index is 11.6. The minimum Gasteiger partial charge on any atom is -0.491 e. The molecule has 1 fully saturated rings. The number of hydrogen-bond donors (Lipinski definition) is 0. The average molecular weight is 399 g/mol. The molecule has 0 unspecified atom stereocenters. The molecule has 2 aliphatic heterocycles. The fourth-order valence-electron chi connectivity index (χ4n) is 3.71. The van der Waals surface area contributed by atoms with E-state index in [1.807, 2.05) is 29.2 Å². The molecule has 8 nitrogen and oxygen atoms in total. The van der Waals surface area contributed by atoms with Gasteiger partial charge in [-0.1, -0.05) is 0 Å². The van der Waals surface area contributed by atoms with Gasteiger partial charge in [-0.3, -0.25) is 4.79 Å². The Bertz CT molecular complexity index is 904. The lowest BCUT2D eigenvalue weighted by atomic mass is 10.2. The van der Waals surface area contributed by atoms with Crippen LogP contribution in [0.1, 0.15) is 13.3 Å². The monoisotopic (exact) mass is 399 g/mol. The zero-order valence-electron chi connectivity index (χ0n) is 16.9.